The monoisotopic (exact) mass is 380 g/mol. The molecular weight excluding hydrogens is 360 g/mol. The first kappa shape index (κ1) is 17.2. The molecule has 6 atom stereocenters. The fraction of sp³-hybridized carbons (Fsp3) is 0.429. The quantitative estimate of drug-likeness (QED) is 0.592. The van der Waals surface area contributed by atoms with Gasteiger partial charge in [-0.15, -0.1) is 0 Å². The summed E-state index contributed by atoms with van der Waals surface area (Å²) in [6.07, 6.45) is 5.22. The molecule has 5 aliphatic rings. The number of rotatable bonds is 5. The van der Waals surface area contributed by atoms with Crippen molar-refractivity contribution in [3.8, 4) is 0 Å². The number of carboxylic acid groups (broad SMARTS) is 1. The summed E-state index contributed by atoms with van der Waals surface area (Å²) in [6, 6.07) is 6.47. The van der Waals surface area contributed by atoms with Gasteiger partial charge in [-0.2, -0.15) is 0 Å². The summed E-state index contributed by atoms with van der Waals surface area (Å²) in [6.45, 7) is -0.281. The molecule has 1 aliphatic heterocycles. The van der Waals surface area contributed by atoms with Gasteiger partial charge in [0.15, 0.2) is 0 Å². The lowest BCUT2D eigenvalue weighted by Gasteiger charge is -2.37. The number of anilines is 1. The molecule has 7 heteroatoms. The largest absolute Gasteiger partial charge is 0.481 e. The Labute approximate surface area is 161 Å². The normalized spacial score (nSPS) is 34.2. The molecule has 1 saturated heterocycles. The van der Waals surface area contributed by atoms with Gasteiger partial charge in [-0.1, -0.05) is 24.3 Å². The maximum atomic E-state index is 12.9. The lowest BCUT2D eigenvalue weighted by Crippen LogP contribution is -2.40. The summed E-state index contributed by atoms with van der Waals surface area (Å²) in [7, 11) is 0. The van der Waals surface area contributed by atoms with Crippen molar-refractivity contribution in [2.45, 2.75) is 12.8 Å². The second-order valence-electron chi connectivity index (χ2n) is 8.23. The van der Waals surface area contributed by atoms with E-state index >= 15 is 0 Å². The van der Waals surface area contributed by atoms with Crippen molar-refractivity contribution in [3.63, 3.8) is 0 Å². The van der Waals surface area contributed by atoms with Crippen molar-refractivity contribution in [2.24, 2.45) is 35.5 Å². The molecule has 144 valence electrons. The lowest BCUT2D eigenvalue weighted by molar-refractivity contribution is -0.143. The van der Waals surface area contributed by atoms with Crippen molar-refractivity contribution in [2.75, 3.05) is 11.9 Å². The molecule has 28 heavy (non-hydrogen) atoms. The van der Waals surface area contributed by atoms with Crippen LogP contribution in [0.25, 0.3) is 0 Å². The van der Waals surface area contributed by atoms with Crippen LogP contribution in [0.3, 0.4) is 0 Å². The highest BCUT2D eigenvalue weighted by Gasteiger charge is 2.67. The first-order valence-electron chi connectivity index (χ1n) is 9.58. The number of amides is 3. The van der Waals surface area contributed by atoms with Gasteiger partial charge in [0.25, 0.3) is 0 Å². The zero-order valence-corrected chi connectivity index (χ0v) is 15.1. The van der Waals surface area contributed by atoms with E-state index in [0.717, 1.165) is 11.3 Å². The summed E-state index contributed by atoms with van der Waals surface area (Å²) in [4.78, 5) is 50.0. The number of hydrogen-bond donors (Lipinski definition) is 2. The molecule has 2 saturated carbocycles. The number of allylic oxidation sites excluding steroid dienone is 2. The molecular formula is C21H20N2O5. The summed E-state index contributed by atoms with van der Waals surface area (Å²) in [5.74, 6) is -1.03. The number of aliphatic carboxylic acids is 1. The predicted octanol–water partition coefficient (Wildman–Crippen LogP) is 1.31. The second kappa shape index (κ2) is 6.02. The van der Waals surface area contributed by atoms with Crippen LogP contribution in [-0.2, 0) is 25.6 Å². The van der Waals surface area contributed by atoms with E-state index in [9.17, 15) is 19.2 Å². The topological polar surface area (TPSA) is 104 Å². The van der Waals surface area contributed by atoms with Crippen molar-refractivity contribution in [1.29, 1.82) is 0 Å². The van der Waals surface area contributed by atoms with Crippen molar-refractivity contribution >= 4 is 29.4 Å². The average Bonchev–Trinajstić information content (AvgIpc) is 3.44. The van der Waals surface area contributed by atoms with Crippen LogP contribution >= 0.6 is 0 Å². The molecule has 1 aromatic rings. The zero-order valence-electron chi connectivity index (χ0n) is 15.1. The molecule has 4 aliphatic carbocycles. The average molecular weight is 380 g/mol. The van der Waals surface area contributed by atoms with Gasteiger partial charge in [-0.05, 0) is 47.8 Å². The van der Waals surface area contributed by atoms with Gasteiger partial charge in [-0.3, -0.25) is 24.1 Å². The number of likely N-dealkylation sites (tertiary alicyclic amines) is 1. The number of nitrogens with zero attached hydrogens (tertiary/aromatic N) is 1. The van der Waals surface area contributed by atoms with Crippen molar-refractivity contribution in [3.05, 3.63) is 42.0 Å². The highest BCUT2D eigenvalue weighted by molar-refractivity contribution is 6.09. The predicted molar refractivity (Wildman–Crippen MR) is 97.8 cm³/mol. The van der Waals surface area contributed by atoms with Gasteiger partial charge in [0.2, 0.25) is 17.7 Å². The standard InChI is InChI=1S/C21H20N2O5/c24-16(22-11-3-1-10(2-4-11)7-17(25)26)9-23-20(27)18-12-5-6-13(15-8-14(12)15)19(18)21(23)28/h1-6,12-15,18-19H,7-9H2,(H,22,24)(H,25,26)/t12-,13-,14-,15+,18+,19+/m0/s1. The smallest absolute Gasteiger partial charge is 0.307 e. The van der Waals surface area contributed by atoms with E-state index in [1.165, 1.54) is 0 Å². The molecule has 1 aromatic carbocycles. The first-order valence-corrected chi connectivity index (χ1v) is 9.58. The summed E-state index contributed by atoms with van der Waals surface area (Å²) in [5, 5.41) is 11.5. The van der Waals surface area contributed by atoms with E-state index < -0.39 is 11.9 Å². The van der Waals surface area contributed by atoms with Crippen LogP contribution in [0.4, 0.5) is 5.69 Å². The van der Waals surface area contributed by atoms with E-state index in [-0.39, 0.29) is 48.5 Å². The highest BCUT2D eigenvalue weighted by Crippen LogP contribution is 2.65. The SMILES string of the molecule is O=C(O)Cc1ccc(NC(=O)CN2C(=O)[C@@H]3[C@H]4C=C[C@@H]([C@@H]5C[C@H]45)[C@H]3C2=O)cc1. The molecule has 2 bridgehead atoms. The minimum Gasteiger partial charge on any atom is -0.481 e. The van der Waals surface area contributed by atoms with Crippen LogP contribution in [0, 0.1) is 35.5 Å². The summed E-state index contributed by atoms with van der Waals surface area (Å²) < 4.78 is 0. The minimum atomic E-state index is -0.926. The number of imide groups is 1. The van der Waals surface area contributed by atoms with Crippen LogP contribution in [0.15, 0.2) is 36.4 Å². The lowest BCUT2D eigenvalue weighted by atomic mass is 9.63. The van der Waals surface area contributed by atoms with E-state index in [4.69, 9.17) is 5.11 Å². The number of benzene rings is 1. The van der Waals surface area contributed by atoms with E-state index in [2.05, 4.69) is 17.5 Å². The van der Waals surface area contributed by atoms with Crippen molar-refractivity contribution in [1.82, 2.24) is 4.90 Å². The Kier molecular flexibility index (Phi) is 3.69. The summed E-state index contributed by atoms with van der Waals surface area (Å²) in [5.41, 5.74) is 1.12. The molecule has 7 nitrogen and oxygen atoms in total. The van der Waals surface area contributed by atoms with Crippen LogP contribution in [0.2, 0.25) is 0 Å². The van der Waals surface area contributed by atoms with Gasteiger partial charge >= 0.3 is 5.97 Å². The molecule has 0 aromatic heterocycles. The maximum Gasteiger partial charge on any atom is 0.307 e. The van der Waals surface area contributed by atoms with E-state index in [1.807, 2.05) is 0 Å². The summed E-state index contributed by atoms with van der Waals surface area (Å²) >= 11 is 0. The highest BCUT2D eigenvalue weighted by atomic mass is 16.4. The molecule has 3 amide bonds. The third-order valence-corrected chi connectivity index (χ3v) is 6.65. The molecule has 0 unspecified atom stereocenters. The van der Waals surface area contributed by atoms with Crippen molar-refractivity contribution < 1.29 is 24.3 Å². The Morgan fingerprint density at radius 1 is 1.00 bits per heavy atom. The zero-order chi connectivity index (χ0) is 19.6. The van der Waals surface area contributed by atoms with Gasteiger partial charge in [-0.25, -0.2) is 0 Å². The van der Waals surface area contributed by atoms with Crippen LogP contribution in [0.1, 0.15) is 12.0 Å². The minimum absolute atomic E-state index is 0.0911. The molecule has 3 fully saturated rings. The molecule has 0 spiro atoms. The maximum absolute atomic E-state index is 12.9. The number of carboxylic acids is 1. The van der Waals surface area contributed by atoms with Crippen LogP contribution < -0.4 is 5.32 Å². The Bertz CT molecular complexity index is 885. The molecule has 0 radical (unpaired) electrons. The molecule has 2 N–H and O–H groups in total. The second-order valence-corrected chi connectivity index (χ2v) is 8.23. The Morgan fingerprint density at radius 3 is 2.11 bits per heavy atom. The van der Waals surface area contributed by atoms with Gasteiger partial charge in [0, 0.05) is 5.69 Å². The number of carbonyl (C=O) groups is 4. The molecule has 1 heterocycles. The van der Waals surface area contributed by atoms with Crippen LogP contribution in [0.5, 0.6) is 0 Å². The number of nitrogens with one attached hydrogen (secondary N) is 1. The third kappa shape index (κ3) is 2.57. The fourth-order valence-electron chi connectivity index (χ4n) is 5.40. The van der Waals surface area contributed by atoms with Gasteiger partial charge < -0.3 is 10.4 Å². The Morgan fingerprint density at radius 2 is 1.57 bits per heavy atom. The van der Waals surface area contributed by atoms with Gasteiger partial charge in [0.1, 0.15) is 6.54 Å². The van der Waals surface area contributed by atoms with Crippen LogP contribution in [-0.4, -0.2) is 40.2 Å². The van der Waals surface area contributed by atoms with E-state index in [0.29, 0.717) is 23.1 Å². The van der Waals surface area contributed by atoms with E-state index in [1.54, 1.807) is 24.3 Å². The fourth-order valence-corrected chi connectivity index (χ4v) is 5.40. The van der Waals surface area contributed by atoms with Gasteiger partial charge in [0.05, 0.1) is 18.3 Å². The number of hydrogen-bond acceptors (Lipinski definition) is 4. The Hall–Kier alpha value is -2.96. The molecule has 6 rings (SSSR count). The first-order chi connectivity index (χ1) is 13.4. The third-order valence-electron chi connectivity index (χ3n) is 6.65. The number of carbonyl (C=O) groups excluding carboxylic acids is 3. The Balaban J connectivity index is 1.25.